The maximum atomic E-state index is 13.1. The van der Waals surface area contributed by atoms with Gasteiger partial charge in [-0.2, -0.15) is 0 Å². The first kappa shape index (κ1) is 20.7. The molecule has 1 aliphatic carbocycles. The van der Waals surface area contributed by atoms with E-state index in [0.29, 0.717) is 44.3 Å². The zero-order valence-electron chi connectivity index (χ0n) is 16.3. The van der Waals surface area contributed by atoms with Gasteiger partial charge >= 0.3 is 0 Å². The van der Waals surface area contributed by atoms with E-state index in [1.807, 2.05) is 0 Å². The Morgan fingerprint density at radius 2 is 2.16 bits per heavy atom. The minimum absolute atomic E-state index is 0.252. The quantitative estimate of drug-likeness (QED) is 0.230. The van der Waals surface area contributed by atoms with Gasteiger partial charge < -0.3 is 10.5 Å². The van der Waals surface area contributed by atoms with E-state index in [9.17, 15) is 4.79 Å². The maximum Gasteiger partial charge on any atom is 0.260 e. The summed E-state index contributed by atoms with van der Waals surface area (Å²) in [4.78, 5) is 24.2. The van der Waals surface area contributed by atoms with Crippen LogP contribution in [0.15, 0.2) is 24.5 Å². The molecule has 3 heterocycles. The molecule has 4 rings (SSSR count). The lowest BCUT2D eigenvalue weighted by molar-refractivity contribution is -0.353. The number of carbonyl (C=O) groups excluding carboxylic acids is 1. The van der Waals surface area contributed by atoms with Crippen LogP contribution in [-0.2, 0) is 0 Å². The van der Waals surface area contributed by atoms with E-state index < -0.39 is 5.91 Å². The number of methoxy groups -OCH3 is 1. The Balaban J connectivity index is 1.69. The molecule has 0 aliphatic heterocycles. The van der Waals surface area contributed by atoms with E-state index in [1.54, 1.807) is 12.1 Å². The van der Waals surface area contributed by atoms with Gasteiger partial charge in [0.25, 0.3) is 11.7 Å². The highest BCUT2D eigenvalue weighted by Gasteiger charge is 2.21. The molecule has 31 heavy (non-hydrogen) atoms. The van der Waals surface area contributed by atoms with Gasteiger partial charge in [-0.1, -0.05) is 28.9 Å². The van der Waals surface area contributed by atoms with Gasteiger partial charge in [-0.05, 0) is 24.8 Å². The molecule has 1 fully saturated rings. The predicted octanol–water partition coefficient (Wildman–Crippen LogP) is 1.37. The van der Waals surface area contributed by atoms with E-state index in [0.717, 1.165) is 12.8 Å². The molecular weight excluding hydrogens is 438 g/mol. The van der Waals surface area contributed by atoms with Crippen LogP contribution in [0.25, 0.3) is 11.1 Å². The van der Waals surface area contributed by atoms with Gasteiger partial charge in [-0.25, -0.2) is 4.98 Å². The molecule has 0 aromatic carbocycles. The van der Waals surface area contributed by atoms with Crippen LogP contribution in [0.4, 0.5) is 10.9 Å². The zero-order chi connectivity index (χ0) is 21.8. The number of carbonyl (C=O) groups is 1. The fraction of sp³-hybridized carbons (Fsp3) is 0.200. The highest BCUT2D eigenvalue weighted by Crippen LogP contribution is 2.34. The Bertz CT molecular complexity index is 1230. The Hall–Kier alpha value is -3.55. The fourth-order valence-corrected chi connectivity index (χ4v) is 3.45. The topological polar surface area (TPSA) is 130 Å². The number of halogens is 1. The summed E-state index contributed by atoms with van der Waals surface area (Å²) < 4.78 is 5.38. The Morgan fingerprint density at radius 3 is 2.90 bits per heavy atom. The summed E-state index contributed by atoms with van der Waals surface area (Å²) >= 11 is 7.29. The number of pyridine rings is 2. The van der Waals surface area contributed by atoms with E-state index in [4.69, 9.17) is 22.1 Å². The minimum atomic E-state index is -0.412. The normalized spacial score (nSPS) is 13.0. The third-order valence-electron chi connectivity index (χ3n) is 4.33. The van der Waals surface area contributed by atoms with Gasteiger partial charge in [0, 0.05) is 23.1 Å². The first-order chi connectivity index (χ1) is 15.1. The van der Waals surface area contributed by atoms with E-state index in [-0.39, 0.29) is 5.15 Å². The van der Waals surface area contributed by atoms with Crippen LogP contribution in [0, 0.1) is 17.8 Å². The van der Waals surface area contributed by atoms with Crippen molar-refractivity contribution in [2.45, 2.75) is 12.8 Å². The number of anilines is 1. The molecule has 0 atom stereocenters. The maximum absolute atomic E-state index is 13.1. The highest BCUT2D eigenvalue weighted by molar-refractivity contribution is 7.15. The first-order valence-electron chi connectivity index (χ1n) is 9.23. The standard InChI is InChI=1S/C20H16ClN7O2S/c1-30-15-9-23-16(21)6-12(15)14-8-24-17(25-10-22)7-13(14)19(29)26-20-28-27-18(31-20)5-4-11-2-3-11/h6-11H,2-3H2,1H3,(H2,22,24,25)(H,26,28,29)/p+1. The summed E-state index contributed by atoms with van der Waals surface area (Å²) in [5.41, 5.74) is 6.80. The molecule has 0 spiro atoms. The van der Waals surface area contributed by atoms with Crippen LogP contribution in [0.5, 0.6) is 5.75 Å². The van der Waals surface area contributed by atoms with Crippen molar-refractivity contribution in [1.82, 2.24) is 20.2 Å². The summed E-state index contributed by atoms with van der Waals surface area (Å²) in [7, 11) is 1.51. The smallest absolute Gasteiger partial charge is 0.260 e. The van der Waals surface area contributed by atoms with Crippen molar-refractivity contribution < 1.29 is 14.5 Å². The van der Waals surface area contributed by atoms with Crippen molar-refractivity contribution in [1.29, 1.82) is 0 Å². The predicted molar refractivity (Wildman–Crippen MR) is 117 cm³/mol. The molecular formula is C20H17ClN7O2S+. The summed E-state index contributed by atoms with van der Waals surface area (Å²) in [6, 6.07) is 3.17. The number of hydrogen-bond acceptors (Lipinski definition) is 7. The second-order valence-corrected chi connectivity index (χ2v) is 7.91. The molecule has 1 saturated carbocycles. The van der Waals surface area contributed by atoms with Gasteiger partial charge in [0.05, 0.1) is 18.9 Å². The number of aromatic nitrogens is 4. The van der Waals surface area contributed by atoms with Crippen molar-refractivity contribution in [3.8, 4) is 28.7 Å². The monoisotopic (exact) mass is 454 g/mol. The van der Waals surface area contributed by atoms with Crippen LogP contribution in [-0.4, -0.2) is 39.5 Å². The zero-order valence-corrected chi connectivity index (χ0v) is 17.9. The molecule has 0 saturated heterocycles. The van der Waals surface area contributed by atoms with E-state index >= 15 is 0 Å². The third-order valence-corrected chi connectivity index (χ3v) is 5.29. The Morgan fingerprint density at radius 1 is 1.32 bits per heavy atom. The number of nitrogens with zero attached hydrogens (tertiary/aromatic N) is 4. The van der Waals surface area contributed by atoms with Crippen molar-refractivity contribution in [2.24, 2.45) is 11.7 Å². The summed E-state index contributed by atoms with van der Waals surface area (Å²) in [5, 5.41) is 11.9. The molecule has 0 bridgehead atoms. The lowest BCUT2D eigenvalue weighted by Crippen LogP contribution is -2.64. The molecule has 3 aromatic rings. The summed E-state index contributed by atoms with van der Waals surface area (Å²) in [5.74, 6) is 6.99. The molecule has 11 heteroatoms. The number of nitrogens with two attached hydrogens (primary N) is 1. The summed E-state index contributed by atoms with van der Waals surface area (Å²) in [6.45, 7) is 0. The van der Waals surface area contributed by atoms with Crippen LogP contribution in [0.3, 0.4) is 0 Å². The van der Waals surface area contributed by atoms with Crippen LogP contribution < -0.4 is 20.8 Å². The number of rotatable bonds is 5. The molecule has 3 aromatic heterocycles. The van der Waals surface area contributed by atoms with Crippen LogP contribution in [0.1, 0.15) is 28.2 Å². The van der Waals surface area contributed by atoms with Crippen LogP contribution in [0.2, 0.25) is 5.15 Å². The van der Waals surface area contributed by atoms with Gasteiger partial charge in [0.2, 0.25) is 5.13 Å². The fourth-order valence-electron chi connectivity index (χ4n) is 2.69. The van der Waals surface area contributed by atoms with Gasteiger partial charge in [-0.15, -0.1) is 15.2 Å². The molecule has 1 aliphatic rings. The second-order valence-electron chi connectivity index (χ2n) is 6.54. The average molecular weight is 455 g/mol. The Labute approximate surface area is 186 Å². The molecule has 4 N–H and O–H groups in total. The van der Waals surface area contributed by atoms with E-state index in [2.05, 4.69) is 42.3 Å². The molecule has 1 amide bonds. The largest absolute Gasteiger partial charge is 0.494 e. The second kappa shape index (κ2) is 9.07. The van der Waals surface area contributed by atoms with Crippen molar-refractivity contribution in [3.05, 3.63) is 40.3 Å². The summed E-state index contributed by atoms with van der Waals surface area (Å²) in [6.07, 6.45) is 6.48. The van der Waals surface area contributed by atoms with Gasteiger partial charge in [0.1, 0.15) is 17.1 Å². The highest BCUT2D eigenvalue weighted by atomic mass is 35.5. The van der Waals surface area contributed by atoms with E-state index in [1.165, 1.54) is 37.2 Å². The SMILES string of the molecule is COc1cnc(Cl)cc1-c1cnc([NH+]=CN)cc1C(=O)Nc1nnc(C#CC2CC2)s1. The number of nitrogens with one attached hydrogen (secondary N) is 2. The lowest BCUT2D eigenvalue weighted by atomic mass is 10.0. The van der Waals surface area contributed by atoms with Crippen LogP contribution >= 0.6 is 22.9 Å². The van der Waals surface area contributed by atoms with Crippen molar-refractivity contribution in [2.75, 3.05) is 12.4 Å². The third kappa shape index (κ3) is 4.96. The number of ether oxygens (including phenoxy) is 1. The number of hydrogen-bond donors (Lipinski definition) is 3. The minimum Gasteiger partial charge on any atom is -0.494 e. The van der Waals surface area contributed by atoms with Gasteiger partial charge in [0.15, 0.2) is 11.3 Å². The van der Waals surface area contributed by atoms with Crippen molar-refractivity contribution >= 4 is 46.1 Å². The average Bonchev–Trinajstić information content (AvgIpc) is 3.50. The molecule has 0 radical (unpaired) electrons. The Kier molecular flexibility index (Phi) is 6.06. The molecule has 156 valence electrons. The molecule has 9 nitrogen and oxygen atoms in total. The first-order valence-corrected chi connectivity index (χ1v) is 10.4. The lowest BCUT2D eigenvalue weighted by Gasteiger charge is -2.11. The van der Waals surface area contributed by atoms with Crippen molar-refractivity contribution in [3.63, 3.8) is 0 Å². The number of amides is 1. The van der Waals surface area contributed by atoms with Gasteiger partial charge in [-0.3, -0.25) is 15.1 Å². The molecule has 0 unspecified atom stereocenters.